The fraction of sp³-hybridized carbons (Fsp3) is 0.750. The van der Waals surface area contributed by atoms with Crippen molar-refractivity contribution in [3.8, 4) is 0 Å². The number of aromatic nitrogens is 2. The van der Waals surface area contributed by atoms with Crippen molar-refractivity contribution in [1.82, 2.24) is 9.36 Å². The summed E-state index contributed by atoms with van der Waals surface area (Å²) in [6, 6.07) is 0. The molecule has 72 valence electrons. The summed E-state index contributed by atoms with van der Waals surface area (Å²) in [5.74, 6) is 0. The monoisotopic (exact) mass is 216 g/mol. The molecule has 0 aliphatic heterocycles. The zero-order valence-corrected chi connectivity index (χ0v) is 8.85. The third kappa shape index (κ3) is 2.42. The van der Waals surface area contributed by atoms with Gasteiger partial charge in [0.05, 0.1) is 6.10 Å². The molecule has 1 saturated carbocycles. The van der Waals surface area contributed by atoms with Gasteiger partial charge in [-0.15, -0.1) is 0 Å². The maximum atomic E-state index is 9.70. The lowest BCUT2D eigenvalue weighted by molar-refractivity contribution is 0.137. The van der Waals surface area contributed by atoms with Crippen molar-refractivity contribution in [3.05, 3.63) is 6.33 Å². The van der Waals surface area contributed by atoms with Crippen LogP contribution in [-0.2, 0) is 0 Å². The quantitative estimate of drug-likeness (QED) is 0.820. The molecule has 0 saturated heterocycles. The second-order valence-electron chi connectivity index (χ2n) is 3.22. The lowest BCUT2D eigenvalue weighted by Gasteiger charge is -2.25. The van der Waals surface area contributed by atoms with E-state index in [-0.39, 0.29) is 6.10 Å². The van der Waals surface area contributed by atoms with Crippen molar-refractivity contribution in [2.45, 2.75) is 41.4 Å². The molecular formula is C8H12N2OS2. The average Bonchev–Trinajstić information content (AvgIpc) is 2.61. The van der Waals surface area contributed by atoms with Gasteiger partial charge < -0.3 is 5.11 Å². The van der Waals surface area contributed by atoms with Gasteiger partial charge in [-0.2, -0.15) is 4.37 Å². The second-order valence-corrected chi connectivity index (χ2v) is 5.48. The molecule has 1 aliphatic rings. The topological polar surface area (TPSA) is 46.0 Å². The largest absolute Gasteiger partial charge is 0.392 e. The third-order valence-electron chi connectivity index (χ3n) is 2.26. The van der Waals surface area contributed by atoms with E-state index in [9.17, 15) is 5.11 Å². The lowest BCUT2D eigenvalue weighted by atomic mass is 9.97. The zero-order chi connectivity index (χ0) is 9.10. The van der Waals surface area contributed by atoms with E-state index in [0.29, 0.717) is 5.25 Å². The molecule has 1 aliphatic carbocycles. The molecule has 2 rings (SSSR count). The van der Waals surface area contributed by atoms with Crippen molar-refractivity contribution in [1.29, 1.82) is 0 Å². The molecule has 1 aromatic rings. The van der Waals surface area contributed by atoms with Gasteiger partial charge in [0.15, 0.2) is 4.34 Å². The van der Waals surface area contributed by atoms with E-state index in [1.165, 1.54) is 18.0 Å². The molecule has 1 fully saturated rings. The van der Waals surface area contributed by atoms with Gasteiger partial charge >= 0.3 is 0 Å². The first-order valence-corrected chi connectivity index (χ1v) is 6.13. The molecule has 1 N–H and O–H groups in total. The standard InChI is InChI=1S/C8H12N2OS2/c11-6-3-1-2-4-7(6)12-8-9-5-10-13-8/h5-7,11H,1-4H2/t6-,7-/m0/s1. The first kappa shape index (κ1) is 9.43. The summed E-state index contributed by atoms with van der Waals surface area (Å²) < 4.78 is 4.92. The van der Waals surface area contributed by atoms with Crippen molar-refractivity contribution >= 4 is 23.3 Å². The number of rotatable bonds is 2. The summed E-state index contributed by atoms with van der Waals surface area (Å²) in [6.07, 6.45) is 5.86. The maximum absolute atomic E-state index is 9.70. The number of hydrogen-bond donors (Lipinski definition) is 1. The Morgan fingerprint density at radius 2 is 2.31 bits per heavy atom. The Labute approximate surface area is 85.8 Å². The molecule has 5 heteroatoms. The molecule has 1 aromatic heterocycles. The van der Waals surface area contributed by atoms with E-state index < -0.39 is 0 Å². The molecule has 0 radical (unpaired) electrons. The van der Waals surface area contributed by atoms with Crippen LogP contribution in [0.1, 0.15) is 25.7 Å². The second kappa shape index (κ2) is 4.39. The van der Waals surface area contributed by atoms with Gasteiger partial charge in [0.25, 0.3) is 0 Å². The highest BCUT2D eigenvalue weighted by molar-refractivity contribution is 8.01. The SMILES string of the molecule is O[C@H]1CCCC[C@@H]1Sc1ncns1. The first-order chi connectivity index (χ1) is 6.36. The Balaban J connectivity index is 1.93. The van der Waals surface area contributed by atoms with E-state index in [1.807, 2.05) is 0 Å². The fourth-order valence-corrected chi connectivity index (χ4v) is 3.45. The van der Waals surface area contributed by atoms with E-state index in [4.69, 9.17) is 0 Å². The fourth-order valence-electron chi connectivity index (χ4n) is 1.56. The molecule has 0 aromatic carbocycles. The highest BCUT2D eigenvalue weighted by atomic mass is 32.2. The van der Waals surface area contributed by atoms with E-state index in [2.05, 4.69) is 9.36 Å². The Bertz CT molecular complexity index is 253. The van der Waals surface area contributed by atoms with E-state index in [1.54, 1.807) is 18.1 Å². The molecule has 1 heterocycles. The number of thioether (sulfide) groups is 1. The Morgan fingerprint density at radius 1 is 1.46 bits per heavy atom. The zero-order valence-electron chi connectivity index (χ0n) is 7.22. The number of aliphatic hydroxyl groups is 1. The minimum atomic E-state index is -0.150. The lowest BCUT2D eigenvalue weighted by Crippen LogP contribution is -2.26. The molecule has 0 unspecified atom stereocenters. The number of aliphatic hydroxyl groups excluding tert-OH is 1. The molecule has 0 bridgehead atoms. The normalized spacial score (nSPS) is 29.0. The van der Waals surface area contributed by atoms with Crippen LogP contribution in [0.2, 0.25) is 0 Å². The summed E-state index contributed by atoms with van der Waals surface area (Å²) >= 11 is 3.08. The summed E-state index contributed by atoms with van der Waals surface area (Å²) in [7, 11) is 0. The summed E-state index contributed by atoms with van der Waals surface area (Å²) in [5, 5.41) is 10.0. The van der Waals surface area contributed by atoms with Crippen LogP contribution in [-0.4, -0.2) is 25.8 Å². The van der Waals surface area contributed by atoms with E-state index in [0.717, 1.165) is 23.6 Å². The van der Waals surface area contributed by atoms with Crippen LogP contribution >= 0.6 is 23.3 Å². The molecule has 0 spiro atoms. The van der Waals surface area contributed by atoms with Gasteiger partial charge in [-0.25, -0.2) is 4.98 Å². The summed E-state index contributed by atoms with van der Waals surface area (Å²) in [4.78, 5) is 4.10. The van der Waals surface area contributed by atoms with Gasteiger partial charge in [-0.3, -0.25) is 0 Å². The Hall–Kier alpha value is -0.130. The van der Waals surface area contributed by atoms with Crippen LogP contribution in [0.3, 0.4) is 0 Å². The maximum Gasteiger partial charge on any atom is 0.170 e. The van der Waals surface area contributed by atoms with Crippen LogP contribution in [0.4, 0.5) is 0 Å². The average molecular weight is 216 g/mol. The van der Waals surface area contributed by atoms with Crippen LogP contribution < -0.4 is 0 Å². The van der Waals surface area contributed by atoms with Gasteiger partial charge in [-0.1, -0.05) is 24.6 Å². The highest BCUT2D eigenvalue weighted by Gasteiger charge is 2.24. The van der Waals surface area contributed by atoms with Crippen molar-refractivity contribution in [3.63, 3.8) is 0 Å². The molecule has 13 heavy (non-hydrogen) atoms. The summed E-state index contributed by atoms with van der Waals surface area (Å²) in [5.41, 5.74) is 0. The van der Waals surface area contributed by atoms with E-state index >= 15 is 0 Å². The minimum Gasteiger partial charge on any atom is -0.392 e. The third-order valence-corrected chi connectivity index (χ3v) is 4.39. The Kier molecular flexibility index (Phi) is 3.18. The molecule has 3 nitrogen and oxygen atoms in total. The van der Waals surface area contributed by atoms with Crippen LogP contribution in [0.5, 0.6) is 0 Å². The predicted molar refractivity (Wildman–Crippen MR) is 54.0 cm³/mol. The van der Waals surface area contributed by atoms with Gasteiger partial charge in [0.1, 0.15) is 6.33 Å². The van der Waals surface area contributed by atoms with Crippen LogP contribution in [0.25, 0.3) is 0 Å². The molecule has 2 atom stereocenters. The summed E-state index contributed by atoms with van der Waals surface area (Å²) in [6.45, 7) is 0. The van der Waals surface area contributed by atoms with Crippen molar-refractivity contribution < 1.29 is 5.11 Å². The van der Waals surface area contributed by atoms with Crippen molar-refractivity contribution in [2.24, 2.45) is 0 Å². The number of hydrogen-bond acceptors (Lipinski definition) is 5. The van der Waals surface area contributed by atoms with Crippen LogP contribution in [0, 0.1) is 0 Å². The minimum absolute atomic E-state index is 0.150. The van der Waals surface area contributed by atoms with Crippen molar-refractivity contribution in [2.75, 3.05) is 0 Å². The molecule has 0 amide bonds. The van der Waals surface area contributed by atoms with Crippen LogP contribution in [0.15, 0.2) is 10.7 Å². The molecular weight excluding hydrogens is 204 g/mol. The Morgan fingerprint density at radius 3 is 3.00 bits per heavy atom. The van der Waals surface area contributed by atoms with Gasteiger partial charge in [0, 0.05) is 5.25 Å². The smallest absolute Gasteiger partial charge is 0.170 e. The number of nitrogens with zero attached hydrogens (tertiary/aromatic N) is 2. The highest BCUT2D eigenvalue weighted by Crippen LogP contribution is 2.33. The first-order valence-electron chi connectivity index (χ1n) is 4.47. The van der Waals surface area contributed by atoms with Gasteiger partial charge in [-0.05, 0) is 24.4 Å². The van der Waals surface area contributed by atoms with Gasteiger partial charge in [0.2, 0.25) is 0 Å². The predicted octanol–water partition coefficient (Wildman–Crippen LogP) is 1.93.